The third-order valence-electron chi connectivity index (χ3n) is 4.61. The maximum atomic E-state index is 12.4. The van der Waals surface area contributed by atoms with Crippen molar-refractivity contribution in [1.82, 2.24) is 9.88 Å². The second-order valence-electron chi connectivity index (χ2n) is 6.95. The quantitative estimate of drug-likeness (QED) is 0.734. The first-order chi connectivity index (χ1) is 12.8. The summed E-state index contributed by atoms with van der Waals surface area (Å²) in [5.74, 6) is 0. The molecular weight excluding hydrogens is 418 g/mol. The van der Waals surface area contributed by atoms with Crippen LogP contribution in [0.1, 0.15) is 23.4 Å². The Morgan fingerprint density at radius 1 is 1.25 bits per heavy atom. The number of hydrogen-bond acceptors (Lipinski definition) is 5. The van der Waals surface area contributed by atoms with Crippen LogP contribution >= 0.6 is 22.9 Å². The van der Waals surface area contributed by atoms with Gasteiger partial charge in [-0.1, -0.05) is 11.6 Å². The molecule has 144 valence electrons. The van der Waals surface area contributed by atoms with E-state index in [4.69, 9.17) is 57.9 Å². The zero-order valence-corrected chi connectivity index (χ0v) is 17.1. The van der Waals surface area contributed by atoms with E-state index in [2.05, 4.69) is 9.38 Å². The van der Waals surface area contributed by atoms with Gasteiger partial charge in [0.1, 0.15) is 16.6 Å². The Balaban J connectivity index is 1.85. The lowest BCUT2D eigenvalue weighted by atomic mass is 9.75. The summed E-state index contributed by atoms with van der Waals surface area (Å²) < 4.78 is 19.8. The molecule has 1 aromatic heterocycles. The molecule has 1 fully saturated rings. The summed E-state index contributed by atoms with van der Waals surface area (Å²) in [5, 5.41) is 0. The van der Waals surface area contributed by atoms with E-state index in [1.54, 1.807) is 0 Å². The molecule has 28 heavy (non-hydrogen) atoms. The van der Waals surface area contributed by atoms with Gasteiger partial charge in [-0.25, -0.2) is 14.0 Å². The molecule has 9 heteroatoms. The van der Waals surface area contributed by atoms with Gasteiger partial charge in [0.25, 0.3) is 0 Å². The molecule has 0 unspecified atom stereocenters. The topological polar surface area (TPSA) is 71.9 Å². The fourth-order valence-electron chi connectivity index (χ4n) is 3.32. The van der Waals surface area contributed by atoms with Gasteiger partial charge in [-0.2, -0.15) is 4.40 Å². The highest BCUT2D eigenvalue weighted by molar-refractivity contribution is 7.85. The lowest BCUT2D eigenvalue weighted by Crippen LogP contribution is -2.47. The fraction of sp³-hybridized carbons (Fsp3) is 0.421. The fourth-order valence-corrected chi connectivity index (χ4v) is 5.24. The maximum Gasteiger partial charge on any atom is 0.410 e. The Morgan fingerprint density at radius 3 is 2.39 bits per heavy atom. The summed E-state index contributed by atoms with van der Waals surface area (Å²) in [6.07, 6.45) is 0.811. The van der Waals surface area contributed by atoms with Crippen molar-refractivity contribution < 1.29 is 13.7 Å². The number of piperidine rings is 1. The molecule has 1 amide bonds. The van der Waals surface area contributed by atoms with E-state index in [-0.39, 0.29) is 0 Å². The zero-order valence-electron chi connectivity index (χ0n) is 14.8. The van der Waals surface area contributed by atoms with E-state index in [0.29, 0.717) is 42.5 Å². The highest BCUT2D eigenvalue weighted by atomic mass is 35.5. The van der Waals surface area contributed by atoms with Crippen LogP contribution in [-0.2, 0) is 22.1 Å². The number of thiazole rings is 1. The van der Waals surface area contributed by atoms with Crippen LogP contribution in [0.25, 0.3) is 0 Å². The Labute approximate surface area is 178 Å². The maximum absolute atomic E-state index is 12.4. The van der Waals surface area contributed by atoms with Crippen molar-refractivity contribution in [2.75, 3.05) is 13.1 Å². The van der Waals surface area contributed by atoms with Crippen molar-refractivity contribution in [3.8, 4) is 0 Å². The van der Waals surface area contributed by atoms with Crippen LogP contribution < -0.4 is 0 Å². The zero-order chi connectivity index (χ0) is 20.9. The number of rotatable bonds is 3. The summed E-state index contributed by atoms with van der Waals surface area (Å²) in [5.41, 5.74) is -1.26. The first kappa shape index (κ1) is 21.7. The van der Waals surface area contributed by atoms with Crippen LogP contribution in [0.2, 0.25) is 4.47 Å². The summed E-state index contributed by atoms with van der Waals surface area (Å²) >= 11 is 7.25. The minimum absolute atomic E-state index is 0.322. The average Bonchev–Trinajstić information content (AvgIpc) is 3.00. The standard InChI is InChI=1S/C19H16ClN3O3S2/c1-17(2,3)26-16(24)23-9-7-19(8-10-23)11-12-13(27-15(20)21-12)14(19)22-28(25)18(4,5)6/h1-6H,7-11H2/b22-14+/t28-/m1/s1. The van der Waals surface area contributed by atoms with Crippen molar-refractivity contribution in [1.29, 1.82) is 0 Å². The van der Waals surface area contributed by atoms with Gasteiger partial charge in [-0.15, -0.1) is 11.3 Å². The third-order valence-corrected chi connectivity index (χ3v) is 6.78. The molecule has 2 aliphatic rings. The molecule has 12 radical (unpaired) electrons. The van der Waals surface area contributed by atoms with Crippen LogP contribution in [-0.4, -0.2) is 49.3 Å². The van der Waals surface area contributed by atoms with Crippen molar-refractivity contribution in [2.45, 2.75) is 29.6 Å². The Morgan fingerprint density at radius 2 is 1.86 bits per heavy atom. The number of likely N-dealkylation sites (tertiary alicyclic amines) is 1. The molecule has 1 spiro atoms. The summed E-state index contributed by atoms with van der Waals surface area (Å²) in [7, 11) is -2.08. The lowest BCUT2D eigenvalue weighted by molar-refractivity contribution is 0.0499. The normalized spacial score (nSPS) is 21.8. The Kier molecular flexibility index (Phi) is 5.71. The number of ether oxygens (including phenoxy) is 1. The number of carbonyl (C=O) groups is 1. The van der Waals surface area contributed by atoms with E-state index in [1.807, 2.05) is 0 Å². The molecule has 0 aromatic carbocycles. The Hall–Kier alpha value is -0.990. The molecule has 0 bridgehead atoms. The number of fused-ring (bicyclic) bond motifs is 1. The molecule has 2 heterocycles. The predicted molar refractivity (Wildman–Crippen MR) is 106 cm³/mol. The number of amides is 1. The highest BCUT2D eigenvalue weighted by Crippen LogP contribution is 2.48. The van der Waals surface area contributed by atoms with E-state index in [0.717, 1.165) is 10.6 Å². The first-order valence-corrected chi connectivity index (χ1v) is 10.5. The van der Waals surface area contributed by atoms with Gasteiger partial charge in [-0.3, -0.25) is 0 Å². The molecule has 1 saturated heterocycles. The monoisotopic (exact) mass is 433 g/mol. The van der Waals surface area contributed by atoms with E-state index < -0.39 is 32.8 Å². The number of halogens is 1. The molecule has 1 atom stereocenters. The number of carbonyl (C=O) groups excluding carboxylic acids is 1. The van der Waals surface area contributed by atoms with Crippen molar-refractivity contribution in [3.05, 3.63) is 56.6 Å². The molecule has 1 aliphatic heterocycles. The molecule has 0 N–H and O–H groups in total. The summed E-state index contributed by atoms with van der Waals surface area (Å²) in [6.45, 7) is 33.2. The number of hydrogen-bond donors (Lipinski definition) is 0. The second kappa shape index (κ2) is 7.36. The minimum atomic E-state index is -2.08. The van der Waals surface area contributed by atoms with Crippen LogP contribution in [0.4, 0.5) is 4.79 Å². The molecular formula is C19H16ClN3O3S2. The smallest absolute Gasteiger partial charge is 0.410 e. The molecule has 6 nitrogen and oxygen atoms in total. The van der Waals surface area contributed by atoms with Crippen molar-refractivity contribution in [3.63, 3.8) is 0 Å². The second-order valence-corrected chi connectivity index (χ2v) is 9.92. The van der Waals surface area contributed by atoms with Crippen LogP contribution in [0, 0.1) is 47.0 Å². The number of aromatic nitrogens is 1. The third kappa shape index (κ3) is 4.44. The van der Waals surface area contributed by atoms with Crippen LogP contribution in [0.5, 0.6) is 0 Å². The van der Waals surface area contributed by atoms with Gasteiger partial charge in [0, 0.05) is 45.7 Å². The molecule has 1 aromatic rings. The predicted octanol–water partition coefficient (Wildman–Crippen LogP) is 2.77. The van der Waals surface area contributed by atoms with Crippen LogP contribution in [0.15, 0.2) is 4.40 Å². The molecule has 3 rings (SSSR count). The van der Waals surface area contributed by atoms with Gasteiger partial charge < -0.3 is 9.64 Å². The molecule has 1 aliphatic carbocycles. The minimum Gasteiger partial charge on any atom is -0.442 e. The number of nitrogens with zero attached hydrogens (tertiary/aromatic N) is 3. The summed E-state index contributed by atoms with van der Waals surface area (Å²) in [4.78, 5) is 18.6. The van der Waals surface area contributed by atoms with E-state index >= 15 is 0 Å². The Bertz CT molecular complexity index is 828. The van der Waals surface area contributed by atoms with E-state index in [9.17, 15) is 9.00 Å². The largest absolute Gasteiger partial charge is 0.442 e. The van der Waals surface area contributed by atoms with E-state index in [1.165, 1.54) is 16.2 Å². The van der Waals surface area contributed by atoms with Gasteiger partial charge >= 0.3 is 6.09 Å². The van der Waals surface area contributed by atoms with Gasteiger partial charge in [0.2, 0.25) is 0 Å². The highest BCUT2D eigenvalue weighted by Gasteiger charge is 2.49. The van der Waals surface area contributed by atoms with Crippen molar-refractivity contribution in [2.24, 2.45) is 9.81 Å². The van der Waals surface area contributed by atoms with Gasteiger partial charge in [-0.05, 0) is 33.6 Å². The van der Waals surface area contributed by atoms with Gasteiger partial charge in [0.05, 0.1) is 21.0 Å². The lowest BCUT2D eigenvalue weighted by Gasteiger charge is -2.39. The SMILES string of the molecule is [CH]C([CH])([CH])OC(=O)N1CCC2(CC1)Cc1nc(Cl)sc1/C2=N\[S@](=O)C([CH])([CH])[CH]. The average molecular weight is 434 g/mol. The van der Waals surface area contributed by atoms with Gasteiger partial charge in [0.15, 0.2) is 4.47 Å². The first-order valence-electron chi connectivity index (χ1n) is 8.19. The summed E-state index contributed by atoms with van der Waals surface area (Å²) in [6, 6.07) is 0. The molecule has 0 saturated carbocycles. The van der Waals surface area contributed by atoms with Crippen molar-refractivity contribution >= 4 is 45.7 Å². The van der Waals surface area contributed by atoms with Crippen LogP contribution in [0.3, 0.4) is 0 Å².